The molecule has 0 spiro atoms. The van der Waals surface area contributed by atoms with Crippen LogP contribution in [0.5, 0.6) is 0 Å². The molecule has 0 aliphatic heterocycles. The maximum atomic E-state index is 12.8. The van der Waals surface area contributed by atoms with Crippen molar-refractivity contribution in [2.45, 2.75) is 26.3 Å². The first-order valence-corrected chi connectivity index (χ1v) is 9.38. The first kappa shape index (κ1) is 18.4. The number of benzene rings is 1. The molecule has 7 nitrogen and oxygen atoms in total. The Labute approximate surface area is 159 Å². The van der Waals surface area contributed by atoms with Gasteiger partial charge in [0.1, 0.15) is 0 Å². The number of halogens is 1. The van der Waals surface area contributed by atoms with E-state index in [2.05, 4.69) is 33.2 Å². The number of hydrogen-bond donors (Lipinski definition) is 1. The van der Waals surface area contributed by atoms with Gasteiger partial charge < -0.3 is 5.32 Å². The van der Waals surface area contributed by atoms with Gasteiger partial charge in [0, 0.05) is 25.1 Å². The van der Waals surface area contributed by atoms with E-state index in [9.17, 15) is 9.59 Å². The summed E-state index contributed by atoms with van der Waals surface area (Å²) >= 11 is 3.48. The fourth-order valence-corrected chi connectivity index (χ4v) is 3.38. The minimum atomic E-state index is -0.380. The highest BCUT2D eigenvalue weighted by molar-refractivity contribution is 9.10. The van der Waals surface area contributed by atoms with Crippen molar-refractivity contribution >= 4 is 33.0 Å². The van der Waals surface area contributed by atoms with E-state index in [0.717, 1.165) is 34.0 Å². The van der Waals surface area contributed by atoms with Crippen LogP contribution in [0.1, 0.15) is 25.3 Å². The van der Waals surface area contributed by atoms with Crippen LogP contribution in [-0.2, 0) is 20.6 Å². The zero-order chi connectivity index (χ0) is 18.8. The molecule has 0 aliphatic rings. The largest absolute Gasteiger partial charge is 0.356 e. The van der Waals surface area contributed by atoms with Gasteiger partial charge in [-0.1, -0.05) is 41.4 Å². The molecule has 1 N–H and O–H groups in total. The van der Waals surface area contributed by atoms with Crippen LogP contribution >= 0.6 is 15.9 Å². The third-order valence-corrected chi connectivity index (χ3v) is 4.88. The molecule has 2 heterocycles. The van der Waals surface area contributed by atoms with Gasteiger partial charge in [-0.25, -0.2) is 4.79 Å². The number of imidazole rings is 1. The molecule has 138 valence electrons. The highest BCUT2D eigenvalue weighted by Gasteiger charge is 2.19. The molecule has 1 aromatic carbocycles. The second-order valence-electron chi connectivity index (χ2n) is 6.31. The molecule has 0 amide bonds. The predicted octanol–water partition coefficient (Wildman–Crippen LogP) is 2.46. The Bertz CT molecular complexity index is 1060. The molecule has 0 unspecified atom stereocenters. The molecule has 26 heavy (non-hydrogen) atoms. The molecule has 8 heteroatoms. The quantitative estimate of drug-likeness (QED) is 0.622. The summed E-state index contributed by atoms with van der Waals surface area (Å²) in [7, 11) is 3.13. The van der Waals surface area contributed by atoms with Gasteiger partial charge in [0.25, 0.3) is 5.56 Å². The number of fused-ring (bicyclic) bond motifs is 1. The molecule has 0 radical (unpaired) electrons. The minimum Gasteiger partial charge on any atom is -0.356 e. The van der Waals surface area contributed by atoms with E-state index in [-0.39, 0.29) is 11.2 Å². The summed E-state index contributed by atoms with van der Waals surface area (Å²) in [6, 6.07) is 7.92. The second kappa shape index (κ2) is 7.49. The summed E-state index contributed by atoms with van der Waals surface area (Å²) in [5, 5.41) is 3.31. The standard InChI is InChI=1S/C18H22BrN5O2/c1-4-5-9-20-17-21-15-14(16(25)23(3)18(26)22(15)2)24(17)11-12-7-6-8-13(19)10-12/h6-8,10H,4-5,9,11H2,1-3H3,(H,20,21). The van der Waals surface area contributed by atoms with Gasteiger partial charge in [-0.05, 0) is 24.1 Å². The van der Waals surface area contributed by atoms with E-state index in [4.69, 9.17) is 0 Å². The minimum absolute atomic E-state index is 0.339. The van der Waals surface area contributed by atoms with Crippen molar-refractivity contribution in [3.63, 3.8) is 0 Å². The smallest absolute Gasteiger partial charge is 0.332 e. The van der Waals surface area contributed by atoms with Crippen LogP contribution in [0, 0.1) is 0 Å². The Hall–Kier alpha value is -2.35. The molecule has 0 saturated heterocycles. The average Bonchev–Trinajstić information content (AvgIpc) is 2.97. The number of aryl methyl sites for hydroxylation is 1. The first-order valence-electron chi connectivity index (χ1n) is 8.58. The lowest BCUT2D eigenvalue weighted by atomic mass is 10.2. The molecule has 2 aromatic heterocycles. The molecule has 0 bridgehead atoms. The Morgan fingerprint density at radius 3 is 2.65 bits per heavy atom. The molecule has 0 atom stereocenters. The van der Waals surface area contributed by atoms with E-state index in [1.807, 2.05) is 28.8 Å². The number of nitrogens with zero attached hydrogens (tertiary/aromatic N) is 4. The maximum Gasteiger partial charge on any atom is 0.332 e. The zero-order valence-corrected chi connectivity index (χ0v) is 16.7. The summed E-state index contributed by atoms with van der Waals surface area (Å²) in [5.74, 6) is 0.603. The summed E-state index contributed by atoms with van der Waals surface area (Å²) in [6.45, 7) is 3.36. The van der Waals surface area contributed by atoms with Crippen molar-refractivity contribution in [2.24, 2.45) is 14.1 Å². The van der Waals surface area contributed by atoms with Crippen molar-refractivity contribution in [2.75, 3.05) is 11.9 Å². The van der Waals surface area contributed by atoms with Crippen LogP contribution in [0.2, 0.25) is 0 Å². The lowest BCUT2D eigenvalue weighted by Gasteiger charge is -2.11. The fraction of sp³-hybridized carbons (Fsp3) is 0.389. The number of anilines is 1. The van der Waals surface area contributed by atoms with Crippen LogP contribution in [0.4, 0.5) is 5.95 Å². The molecular weight excluding hydrogens is 398 g/mol. The molecule has 0 fully saturated rings. The average molecular weight is 420 g/mol. The molecule has 0 saturated carbocycles. The van der Waals surface area contributed by atoms with Crippen molar-refractivity contribution in [1.82, 2.24) is 18.7 Å². The van der Waals surface area contributed by atoms with E-state index < -0.39 is 0 Å². The van der Waals surface area contributed by atoms with Crippen molar-refractivity contribution in [3.05, 3.63) is 55.1 Å². The summed E-state index contributed by atoms with van der Waals surface area (Å²) in [6.07, 6.45) is 2.05. The third-order valence-electron chi connectivity index (χ3n) is 4.39. The molecular formula is C18H22BrN5O2. The summed E-state index contributed by atoms with van der Waals surface area (Å²) in [4.78, 5) is 29.6. The Kier molecular flexibility index (Phi) is 5.31. The molecule has 3 aromatic rings. The Morgan fingerprint density at radius 2 is 1.96 bits per heavy atom. The number of hydrogen-bond acceptors (Lipinski definition) is 4. The topological polar surface area (TPSA) is 73.8 Å². The van der Waals surface area contributed by atoms with Crippen LogP contribution in [0.25, 0.3) is 11.2 Å². The van der Waals surface area contributed by atoms with Crippen LogP contribution in [0.3, 0.4) is 0 Å². The number of aromatic nitrogens is 4. The van der Waals surface area contributed by atoms with Gasteiger partial charge in [-0.3, -0.25) is 18.5 Å². The summed E-state index contributed by atoms with van der Waals surface area (Å²) < 4.78 is 5.37. The number of rotatable bonds is 6. The Morgan fingerprint density at radius 1 is 1.19 bits per heavy atom. The van der Waals surface area contributed by atoms with Crippen molar-refractivity contribution in [1.29, 1.82) is 0 Å². The van der Waals surface area contributed by atoms with E-state index in [0.29, 0.717) is 23.7 Å². The zero-order valence-electron chi connectivity index (χ0n) is 15.1. The Balaban J connectivity index is 2.21. The van der Waals surface area contributed by atoms with Gasteiger partial charge in [-0.2, -0.15) is 4.98 Å². The monoisotopic (exact) mass is 419 g/mol. The van der Waals surface area contributed by atoms with Gasteiger partial charge in [-0.15, -0.1) is 0 Å². The third kappa shape index (κ3) is 3.33. The second-order valence-corrected chi connectivity index (χ2v) is 7.23. The SMILES string of the molecule is CCCCNc1nc2c(c(=O)n(C)c(=O)n2C)n1Cc1cccc(Br)c1. The fourth-order valence-electron chi connectivity index (χ4n) is 2.93. The highest BCUT2D eigenvalue weighted by Crippen LogP contribution is 2.19. The van der Waals surface area contributed by atoms with Gasteiger partial charge in [0.2, 0.25) is 5.95 Å². The van der Waals surface area contributed by atoms with Gasteiger partial charge >= 0.3 is 5.69 Å². The van der Waals surface area contributed by atoms with E-state index in [1.54, 1.807) is 7.05 Å². The number of unbranched alkanes of at least 4 members (excludes halogenated alkanes) is 1. The normalized spacial score (nSPS) is 11.2. The summed E-state index contributed by atoms with van der Waals surface area (Å²) in [5.41, 5.74) is 1.14. The predicted molar refractivity (Wildman–Crippen MR) is 107 cm³/mol. The van der Waals surface area contributed by atoms with Crippen LogP contribution in [0.15, 0.2) is 38.3 Å². The van der Waals surface area contributed by atoms with E-state index >= 15 is 0 Å². The van der Waals surface area contributed by atoms with Gasteiger partial charge in [0.15, 0.2) is 11.2 Å². The first-order chi connectivity index (χ1) is 12.4. The highest BCUT2D eigenvalue weighted by atomic mass is 79.9. The van der Waals surface area contributed by atoms with E-state index in [1.165, 1.54) is 11.6 Å². The van der Waals surface area contributed by atoms with Crippen LogP contribution < -0.4 is 16.6 Å². The van der Waals surface area contributed by atoms with Gasteiger partial charge in [0.05, 0.1) is 6.54 Å². The molecule has 0 aliphatic carbocycles. The van der Waals surface area contributed by atoms with Crippen molar-refractivity contribution in [3.8, 4) is 0 Å². The van der Waals surface area contributed by atoms with Crippen LogP contribution in [-0.4, -0.2) is 25.2 Å². The lowest BCUT2D eigenvalue weighted by molar-refractivity contribution is 0.702. The number of nitrogens with one attached hydrogen (secondary N) is 1. The lowest BCUT2D eigenvalue weighted by Crippen LogP contribution is -2.37. The molecule has 3 rings (SSSR count). The van der Waals surface area contributed by atoms with Crippen molar-refractivity contribution < 1.29 is 0 Å². The maximum absolute atomic E-state index is 12.8.